The summed E-state index contributed by atoms with van der Waals surface area (Å²) in [4.78, 5) is 2.38. The number of hydrogen-bond acceptors (Lipinski definition) is 4. The van der Waals surface area contributed by atoms with Crippen molar-refractivity contribution in [2.24, 2.45) is 0 Å². The second-order valence-electron chi connectivity index (χ2n) is 6.51. The van der Waals surface area contributed by atoms with Crippen molar-refractivity contribution in [1.82, 2.24) is 4.90 Å². The third kappa shape index (κ3) is 4.89. The molecular weight excluding hydrogens is 278 g/mol. The highest BCUT2D eigenvalue weighted by Gasteiger charge is 2.25. The van der Waals surface area contributed by atoms with Crippen LogP contribution >= 0.6 is 0 Å². The topological polar surface area (TPSA) is 41.9 Å². The van der Waals surface area contributed by atoms with Crippen LogP contribution in [0.3, 0.4) is 0 Å². The van der Waals surface area contributed by atoms with E-state index in [0.29, 0.717) is 6.42 Å². The van der Waals surface area contributed by atoms with Crippen LogP contribution in [0, 0.1) is 0 Å². The van der Waals surface area contributed by atoms with Gasteiger partial charge in [0.25, 0.3) is 0 Å². The van der Waals surface area contributed by atoms with Gasteiger partial charge < -0.3 is 19.5 Å². The molecule has 0 aliphatic carbocycles. The smallest absolute Gasteiger partial charge is 0.122 e. The highest BCUT2D eigenvalue weighted by molar-refractivity contribution is 5.40. The number of β-amino-alcohol motifs (C(OH)–C–C–N with tert-alkyl or cyclic N) is 1. The van der Waals surface area contributed by atoms with Gasteiger partial charge in [0.05, 0.1) is 19.8 Å². The quantitative estimate of drug-likeness (QED) is 0.841. The largest absolute Gasteiger partial charge is 0.497 e. The van der Waals surface area contributed by atoms with Gasteiger partial charge in [0, 0.05) is 6.54 Å². The third-order valence-corrected chi connectivity index (χ3v) is 4.43. The molecule has 1 aromatic rings. The molecule has 0 bridgehead atoms. The van der Waals surface area contributed by atoms with Gasteiger partial charge >= 0.3 is 0 Å². The maximum absolute atomic E-state index is 10.7. The molecule has 4 nitrogen and oxygen atoms in total. The fourth-order valence-corrected chi connectivity index (χ4v) is 3.16. The van der Waals surface area contributed by atoms with Gasteiger partial charge in [0.15, 0.2) is 0 Å². The second-order valence-corrected chi connectivity index (χ2v) is 6.51. The minimum atomic E-state index is -0.675. The molecule has 1 aliphatic heterocycles. The van der Waals surface area contributed by atoms with Gasteiger partial charge in [-0.05, 0) is 69.5 Å². The first-order valence-electron chi connectivity index (χ1n) is 8.20. The number of piperidine rings is 1. The Labute approximate surface area is 134 Å². The van der Waals surface area contributed by atoms with Gasteiger partial charge in [-0.2, -0.15) is 0 Å². The minimum absolute atomic E-state index is 0.675. The Kier molecular flexibility index (Phi) is 6.09. The van der Waals surface area contributed by atoms with E-state index < -0.39 is 5.60 Å². The predicted molar refractivity (Wildman–Crippen MR) is 88.8 cm³/mol. The van der Waals surface area contributed by atoms with E-state index in [1.165, 1.54) is 19.3 Å². The van der Waals surface area contributed by atoms with E-state index >= 15 is 0 Å². The number of rotatable bonds is 7. The van der Waals surface area contributed by atoms with Crippen molar-refractivity contribution < 1.29 is 14.6 Å². The highest BCUT2D eigenvalue weighted by atomic mass is 16.5. The van der Waals surface area contributed by atoms with Crippen molar-refractivity contribution in [3.63, 3.8) is 0 Å². The van der Waals surface area contributed by atoms with Crippen molar-refractivity contribution in [2.75, 3.05) is 33.9 Å². The molecule has 0 saturated carbocycles. The van der Waals surface area contributed by atoms with Crippen molar-refractivity contribution in [3.05, 3.63) is 23.8 Å². The van der Waals surface area contributed by atoms with Crippen LogP contribution in [-0.4, -0.2) is 49.5 Å². The summed E-state index contributed by atoms with van der Waals surface area (Å²) in [6, 6.07) is 5.82. The Bertz CT molecular complexity index is 467. The molecule has 1 aromatic carbocycles. The summed E-state index contributed by atoms with van der Waals surface area (Å²) in [6.45, 7) is 4.91. The van der Waals surface area contributed by atoms with Crippen molar-refractivity contribution >= 4 is 0 Å². The van der Waals surface area contributed by atoms with Crippen LogP contribution in [0.5, 0.6) is 11.5 Å². The lowest BCUT2D eigenvalue weighted by molar-refractivity contribution is 0.00754. The molecule has 22 heavy (non-hydrogen) atoms. The first-order chi connectivity index (χ1) is 10.5. The lowest BCUT2D eigenvalue weighted by Gasteiger charge is -2.34. The first-order valence-corrected chi connectivity index (χ1v) is 8.20. The second kappa shape index (κ2) is 7.84. The highest BCUT2D eigenvalue weighted by Crippen LogP contribution is 2.27. The van der Waals surface area contributed by atoms with Crippen LogP contribution in [0.25, 0.3) is 0 Å². The summed E-state index contributed by atoms with van der Waals surface area (Å²) in [5, 5.41) is 10.7. The summed E-state index contributed by atoms with van der Waals surface area (Å²) in [6.07, 6.45) is 5.31. The Morgan fingerprint density at radius 2 is 1.86 bits per heavy atom. The molecule has 0 aromatic heterocycles. The van der Waals surface area contributed by atoms with Crippen LogP contribution in [0.15, 0.2) is 18.2 Å². The van der Waals surface area contributed by atoms with Gasteiger partial charge in [0.2, 0.25) is 0 Å². The van der Waals surface area contributed by atoms with E-state index in [-0.39, 0.29) is 0 Å². The fraction of sp³-hybridized carbons (Fsp3) is 0.667. The molecule has 1 saturated heterocycles. The van der Waals surface area contributed by atoms with Crippen LogP contribution in [0.4, 0.5) is 0 Å². The van der Waals surface area contributed by atoms with Crippen LogP contribution in [0.1, 0.15) is 38.2 Å². The molecule has 1 heterocycles. The van der Waals surface area contributed by atoms with Crippen LogP contribution in [0.2, 0.25) is 0 Å². The third-order valence-electron chi connectivity index (χ3n) is 4.43. The van der Waals surface area contributed by atoms with E-state index in [1.807, 2.05) is 25.1 Å². The molecule has 2 rings (SSSR count). The number of aliphatic hydroxyl groups is 1. The average Bonchev–Trinajstić information content (AvgIpc) is 2.53. The van der Waals surface area contributed by atoms with Gasteiger partial charge in [-0.1, -0.05) is 6.42 Å². The molecule has 1 N–H and O–H groups in total. The van der Waals surface area contributed by atoms with E-state index in [2.05, 4.69) is 4.90 Å². The molecule has 1 fully saturated rings. The fourth-order valence-electron chi connectivity index (χ4n) is 3.16. The molecule has 1 atom stereocenters. The van der Waals surface area contributed by atoms with Gasteiger partial charge in [0.1, 0.15) is 11.5 Å². The van der Waals surface area contributed by atoms with E-state index in [9.17, 15) is 5.11 Å². The number of nitrogens with zero attached hydrogens (tertiary/aromatic N) is 1. The Balaban J connectivity index is 1.95. The minimum Gasteiger partial charge on any atom is -0.497 e. The lowest BCUT2D eigenvalue weighted by atomic mass is 9.95. The first kappa shape index (κ1) is 17.1. The molecule has 0 radical (unpaired) electrons. The number of likely N-dealkylation sites (tertiary alicyclic amines) is 1. The maximum atomic E-state index is 10.7. The van der Waals surface area contributed by atoms with Crippen molar-refractivity contribution in [3.8, 4) is 11.5 Å². The Hall–Kier alpha value is -1.26. The number of hydrogen-bond donors (Lipinski definition) is 1. The SMILES string of the molecule is COc1ccc(OC)c(CCC(C)(O)CN2CCCCC2)c1. The van der Waals surface area contributed by atoms with Crippen LogP contribution < -0.4 is 9.47 Å². The zero-order valence-corrected chi connectivity index (χ0v) is 14.1. The van der Waals surface area contributed by atoms with Gasteiger partial charge in [-0.3, -0.25) is 0 Å². The zero-order chi connectivity index (χ0) is 16.0. The summed E-state index contributed by atoms with van der Waals surface area (Å²) < 4.78 is 10.7. The van der Waals surface area contributed by atoms with Crippen molar-refractivity contribution in [1.29, 1.82) is 0 Å². The summed E-state index contributed by atoms with van der Waals surface area (Å²) in [5.74, 6) is 1.68. The maximum Gasteiger partial charge on any atom is 0.122 e. The average molecular weight is 307 g/mol. The molecule has 124 valence electrons. The van der Waals surface area contributed by atoms with Gasteiger partial charge in [-0.15, -0.1) is 0 Å². The predicted octanol–water partition coefficient (Wildman–Crippen LogP) is 2.87. The molecule has 0 amide bonds. The molecular formula is C18H29NO3. The standard InChI is InChI=1S/C18H29NO3/c1-18(20,14-19-11-5-4-6-12-19)10-9-15-13-16(21-2)7-8-17(15)22-3/h7-8,13,20H,4-6,9-12,14H2,1-3H3. The number of ether oxygens (including phenoxy) is 2. The Morgan fingerprint density at radius 1 is 1.14 bits per heavy atom. The summed E-state index contributed by atoms with van der Waals surface area (Å²) in [7, 11) is 3.34. The normalized spacial score (nSPS) is 18.7. The number of methoxy groups -OCH3 is 2. The monoisotopic (exact) mass is 307 g/mol. The van der Waals surface area contributed by atoms with E-state index in [4.69, 9.17) is 9.47 Å². The van der Waals surface area contributed by atoms with E-state index in [1.54, 1.807) is 14.2 Å². The summed E-state index contributed by atoms with van der Waals surface area (Å²) >= 11 is 0. The Morgan fingerprint density at radius 3 is 2.50 bits per heavy atom. The lowest BCUT2D eigenvalue weighted by Crippen LogP contribution is -2.43. The van der Waals surface area contributed by atoms with Gasteiger partial charge in [-0.25, -0.2) is 0 Å². The van der Waals surface area contributed by atoms with Crippen molar-refractivity contribution in [2.45, 2.75) is 44.6 Å². The van der Waals surface area contributed by atoms with Crippen LogP contribution in [-0.2, 0) is 6.42 Å². The summed E-state index contributed by atoms with van der Waals surface area (Å²) in [5.41, 5.74) is 0.409. The number of aryl methyl sites for hydroxylation is 1. The molecule has 1 unspecified atom stereocenters. The zero-order valence-electron chi connectivity index (χ0n) is 14.1. The molecule has 1 aliphatic rings. The molecule has 0 spiro atoms. The molecule has 4 heteroatoms. The number of benzene rings is 1. The van der Waals surface area contributed by atoms with E-state index in [0.717, 1.165) is 43.1 Å².